The highest BCUT2D eigenvalue weighted by molar-refractivity contribution is 7.80. The first-order valence-electron chi connectivity index (χ1n) is 7.14. The average Bonchev–Trinajstić information content (AvgIpc) is 2.60. The molecule has 2 aromatic carbocycles. The summed E-state index contributed by atoms with van der Waals surface area (Å²) in [5.41, 5.74) is 0.629. The maximum absolute atomic E-state index is 11.8. The molecule has 9 nitrogen and oxygen atoms in total. The molecule has 0 fully saturated rings. The lowest BCUT2D eigenvalue weighted by molar-refractivity contribution is -0.385. The first-order chi connectivity index (χ1) is 12.3. The van der Waals surface area contributed by atoms with Crippen molar-refractivity contribution in [3.8, 4) is 0 Å². The van der Waals surface area contributed by atoms with Gasteiger partial charge in [0.1, 0.15) is 0 Å². The van der Waals surface area contributed by atoms with E-state index in [0.29, 0.717) is 11.3 Å². The number of nitrogens with zero attached hydrogens (tertiary/aromatic N) is 2. The Kier molecular flexibility index (Phi) is 6.06. The number of nitro benzene ring substituents is 2. The smallest absolute Gasteiger partial charge is 0.271 e. The van der Waals surface area contributed by atoms with Crippen molar-refractivity contribution in [2.45, 2.75) is 0 Å². The molecule has 0 radical (unpaired) electrons. The van der Waals surface area contributed by atoms with Gasteiger partial charge in [-0.1, -0.05) is 18.2 Å². The number of thiocarbonyl (C=S) groups is 1. The zero-order chi connectivity index (χ0) is 19.1. The maximum atomic E-state index is 11.8. The molecule has 2 rings (SSSR count). The first-order valence-corrected chi connectivity index (χ1v) is 7.55. The van der Waals surface area contributed by atoms with Gasteiger partial charge in [0.25, 0.3) is 11.4 Å². The van der Waals surface area contributed by atoms with Crippen LogP contribution in [0, 0.1) is 20.2 Å². The molecule has 0 saturated heterocycles. The van der Waals surface area contributed by atoms with E-state index in [-0.39, 0.29) is 16.5 Å². The third-order valence-corrected chi connectivity index (χ3v) is 3.26. The van der Waals surface area contributed by atoms with Crippen molar-refractivity contribution in [1.82, 2.24) is 5.32 Å². The Bertz CT molecular complexity index is 913. The zero-order valence-electron chi connectivity index (χ0n) is 13.1. The van der Waals surface area contributed by atoms with Crippen LogP contribution in [0.15, 0.2) is 54.6 Å². The molecule has 0 spiro atoms. The number of amides is 1. The van der Waals surface area contributed by atoms with Gasteiger partial charge in [-0.15, -0.1) is 0 Å². The van der Waals surface area contributed by atoms with Crippen LogP contribution < -0.4 is 10.6 Å². The third-order valence-electron chi connectivity index (χ3n) is 3.06. The lowest BCUT2D eigenvalue weighted by Gasteiger charge is -2.07. The molecular weight excluding hydrogens is 360 g/mol. The van der Waals surface area contributed by atoms with Crippen LogP contribution >= 0.6 is 12.2 Å². The summed E-state index contributed by atoms with van der Waals surface area (Å²) < 4.78 is 0. The molecule has 2 N–H and O–H groups in total. The molecule has 0 aliphatic heterocycles. The Morgan fingerprint density at radius 2 is 1.62 bits per heavy atom. The summed E-state index contributed by atoms with van der Waals surface area (Å²) in [6, 6.07) is 11.4. The normalized spacial score (nSPS) is 10.3. The lowest BCUT2D eigenvalue weighted by Crippen LogP contribution is -2.32. The second kappa shape index (κ2) is 8.44. The van der Waals surface area contributed by atoms with E-state index >= 15 is 0 Å². The second-order valence-corrected chi connectivity index (χ2v) is 5.34. The Labute approximate surface area is 152 Å². The van der Waals surface area contributed by atoms with E-state index in [1.165, 1.54) is 48.6 Å². The molecule has 26 heavy (non-hydrogen) atoms. The molecule has 0 atom stereocenters. The number of non-ortho nitro benzene ring substituents is 2. The van der Waals surface area contributed by atoms with E-state index in [2.05, 4.69) is 10.6 Å². The minimum atomic E-state index is -0.556. The van der Waals surface area contributed by atoms with Gasteiger partial charge in [0, 0.05) is 36.0 Å². The number of anilines is 1. The third kappa shape index (κ3) is 5.46. The van der Waals surface area contributed by atoms with Gasteiger partial charge < -0.3 is 5.32 Å². The summed E-state index contributed by atoms with van der Waals surface area (Å²) in [4.78, 5) is 32.2. The van der Waals surface area contributed by atoms with E-state index in [1.807, 2.05) is 0 Å². The van der Waals surface area contributed by atoms with Gasteiger partial charge in [-0.2, -0.15) is 0 Å². The molecule has 0 bridgehead atoms. The molecule has 0 saturated carbocycles. The first kappa shape index (κ1) is 18.7. The second-order valence-electron chi connectivity index (χ2n) is 4.94. The van der Waals surface area contributed by atoms with Crippen molar-refractivity contribution in [2.24, 2.45) is 0 Å². The number of rotatable bonds is 5. The number of hydrogen-bond donors (Lipinski definition) is 2. The molecule has 2 aromatic rings. The van der Waals surface area contributed by atoms with Crippen LogP contribution in [0.25, 0.3) is 6.08 Å². The minimum Gasteiger partial charge on any atom is -0.332 e. The number of benzene rings is 2. The van der Waals surface area contributed by atoms with Crippen molar-refractivity contribution >= 4 is 46.4 Å². The lowest BCUT2D eigenvalue weighted by atomic mass is 10.2. The fourth-order valence-electron chi connectivity index (χ4n) is 1.93. The Morgan fingerprint density at radius 1 is 1.00 bits per heavy atom. The predicted octanol–water partition coefficient (Wildman–Crippen LogP) is 3.03. The number of nitrogens with one attached hydrogen (secondary N) is 2. The molecule has 0 heterocycles. The zero-order valence-corrected chi connectivity index (χ0v) is 13.9. The Hall–Kier alpha value is -3.66. The van der Waals surface area contributed by atoms with Crippen LogP contribution in [0.1, 0.15) is 5.56 Å². The van der Waals surface area contributed by atoms with Crippen molar-refractivity contribution in [3.63, 3.8) is 0 Å². The molecule has 132 valence electrons. The van der Waals surface area contributed by atoms with Gasteiger partial charge in [0.2, 0.25) is 5.91 Å². The van der Waals surface area contributed by atoms with E-state index in [0.717, 1.165) is 0 Å². The summed E-state index contributed by atoms with van der Waals surface area (Å²) >= 11 is 4.97. The highest BCUT2D eigenvalue weighted by Crippen LogP contribution is 2.17. The summed E-state index contributed by atoms with van der Waals surface area (Å²) in [5.74, 6) is -0.556. The van der Waals surface area contributed by atoms with Gasteiger partial charge in [0.05, 0.1) is 9.85 Å². The SMILES string of the molecule is O=C(/C=C/c1cccc([N+](=O)[O-])c1)NC(=S)Nc1cccc([N+](=O)[O-])c1. The van der Waals surface area contributed by atoms with E-state index in [4.69, 9.17) is 12.2 Å². The highest BCUT2D eigenvalue weighted by Gasteiger charge is 2.08. The Balaban J connectivity index is 1.96. The van der Waals surface area contributed by atoms with E-state index in [1.54, 1.807) is 12.1 Å². The maximum Gasteiger partial charge on any atom is 0.271 e. The summed E-state index contributed by atoms with van der Waals surface area (Å²) in [5, 5.41) is 26.4. The molecular formula is C16H12N4O5S. The number of nitro groups is 2. The number of carbonyl (C=O) groups is 1. The van der Waals surface area contributed by atoms with E-state index in [9.17, 15) is 25.0 Å². The highest BCUT2D eigenvalue weighted by atomic mass is 32.1. The van der Waals surface area contributed by atoms with Gasteiger partial charge >= 0.3 is 0 Å². The van der Waals surface area contributed by atoms with Gasteiger partial charge in [-0.3, -0.25) is 30.3 Å². The summed E-state index contributed by atoms with van der Waals surface area (Å²) in [6.07, 6.45) is 2.57. The molecule has 0 aromatic heterocycles. The fourth-order valence-corrected chi connectivity index (χ4v) is 2.15. The molecule has 0 unspecified atom stereocenters. The molecule has 0 aliphatic carbocycles. The summed E-state index contributed by atoms with van der Waals surface area (Å²) in [7, 11) is 0. The average molecular weight is 372 g/mol. The van der Waals surface area contributed by atoms with Crippen LogP contribution in [0.5, 0.6) is 0 Å². The van der Waals surface area contributed by atoms with Gasteiger partial charge in [-0.25, -0.2) is 0 Å². The van der Waals surface area contributed by atoms with Crippen LogP contribution in [0.2, 0.25) is 0 Å². The van der Waals surface area contributed by atoms with Crippen molar-refractivity contribution in [2.75, 3.05) is 5.32 Å². The topological polar surface area (TPSA) is 127 Å². The standard InChI is InChI=1S/C16H12N4O5S/c21-15(8-7-11-3-1-5-13(9-11)19(22)23)18-16(26)17-12-4-2-6-14(10-12)20(24)25/h1-10H,(H2,17,18,21,26)/b8-7+. The van der Waals surface area contributed by atoms with Crippen LogP contribution in [0.3, 0.4) is 0 Å². The van der Waals surface area contributed by atoms with Crippen LogP contribution in [0.4, 0.5) is 17.1 Å². The minimum absolute atomic E-state index is 0.0424. The fraction of sp³-hybridized carbons (Fsp3) is 0. The monoisotopic (exact) mass is 372 g/mol. The Morgan fingerprint density at radius 3 is 2.27 bits per heavy atom. The van der Waals surface area contributed by atoms with Crippen molar-refractivity contribution < 1.29 is 14.6 Å². The van der Waals surface area contributed by atoms with E-state index < -0.39 is 15.8 Å². The van der Waals surface area contributed by atoms with Crippen molar-refractivity contribution in [1.29, 1.82) is 0 Å². The molecule has 0 aliphatic rings. The number of hydrogen-bond acceptors (Lipinski definition) is 6. The number of carbonyl (C=O) groups excluding carboxylic acids is 1. The predicted molar refractivity (Wildman–Crippen MR) is 99.6 cm³/mol. The van der Waals surface area contributed by atoms with Gasteiger partial charge in [0.15, 0.2) is 5.11 Å². The van der Waals surface area contributed by atoms with Gasteiger partial charge in [-0.05, 0) is 29.9 Å². The summed E-state index contributed by atoms with van der Waals surface area (Å²) in [6.45, 7) is 0. The van der Waals surface area contributed by atoms with Crippen molar-refractivity contribution in [3.05, 3.63) is 80.4 Å². The largest absolute Gasteiger partial charge is 0.332 e. The van der Waals surface area contributed by atoms with Crippen LogP contribution in [-0.2, 0) is 4.79 Å². The molecule has 1 amide bonds. The van der Waals surface area contributed by atoms with Crippen LogP contribution in [-0.4, -0.2) is 20.9 Å². The molecule has 10 heteroatoms. The quantitative estimate of drug-likeness (QED) is 0.357.